The first-order valence-electron chi connectivity index (χ1n) is 4.45. The van der Waals surface area contributed by atoms with Gasteiger partial charge in [0.2, 0.25) is 0 Å². The molecule has 0 rings (SSSR count). The quantitative estimate of drug-likeness (QED) is 0.710. The van der Waals surface area contributed by atoms with E-state index in [1.165, 1.54) is 0 Å². The standard InChI is InChI=1S/C8H18N2O3S/c1-6(2)9-8(11)10-7(3)5-14(4,12)13/h6-7H,5H2,1-4H3,(H2,9,10,11). The lowest BCUT2D eigenvalue weighted by atomic mass is 10.4. The molecule has 0 heterocycles. The van der Waals surface area contributed by atoms with Crippen LogP contribution < -0.4 is 10.6 Å². The van der Waals surface area contributed by atoms with Crippen LogP contribution in [0.1, 0.15) is 20.8 Å². The Morgan fingerprint density at radius 2 is 1.71 bits per heavy atom. The van der Waals surface area contributed by atoms with E-state index in [2.05, 4.69) is 10.6 Å². The number of urea groups is 1. The Balaban J connectivity index is 3.95. The van der Waals surface area contributed by atoms with Gasteiger partial charge in [-0.2, -0.15) is 0 Å². The summed E-state index contributed by atoms with van der Waals surface area (Å²) in [5.74, 6) is -0.0431. The van der Waals surface area contributed by atoms with Gasteiger partial charge in [0, 0.05) is 18.3 Å². The van der Waals surface area contributed by atoms with Crippen LogP contribution in [0.3, 0.4) is 0 Å². The monoisotopic (exact) mass is 222 g/mol. The number of amides is 2. The molecule has 0 aromatic carbocycles. The van der Waals surface area contributed by atoms with Crippen molar-refractivity contribution in [2.24, 2.45) is 0 Å². The molecule has 1 atom stereocenters. The van der Waals surface area contributed by atoms with E-state index in [4.69, 9.17) is 0 Å². The Hall–Kier alpha value is -0.780. The van der Waals surface area contributed by atoms with Crippen molar-refractivity contribution in [2.45, 2.75) is 32.9 Å². The highest BCUT2D eigenvalue weighted by Gasteiger charge is 2.12. The smallest absolute Gasteiger partial charge is 0.315 e. The van der Waals surface area contributed by atoms with Gasteiger partial charge < -0.3 is 10.6 Å². The molecule has 1 unspecified atom stereocenters. The van der Waals surface area contributed by atoms with Crippen LogP contribution in [0, 0.1) is 0 Å². The summed E-state index contributed by atoms with van der Waals surface area (Å²) in [5.41, 5.74) is 0. The van der Waals surface area contributed by atoms with Crippen molar-refractivity contribution in [3.8, 4) is 0 Å². The van der Waals surface area contributed by atoms with Crippen molar-refractivity contribution >= 4 is 15.9 Å². The summed E-state index contributed by atoms with van der Waals surface area (Å²) in [4.78, 5) is 11.1. The van der Waals surface area contributed by atoms with Crippen LogP contribution in [0.5, 0.6) is 0 Å². The summed E-state index contributed by atoms with van der Waals surface area (Å²) in [5, 5.41) is 5.15. The van der Waals surface area contributed by atoms with Crippen LogP contribution in [0.2, 0.25) is 0 Å². The first-order chi connectivity index (χ1) is 6.20. The maximum Gasteiger partial charge on any atom is 0.315 e. The van der Waals surface area contributed by atoms with E-state index in [1.54, 1.807) is 6.92 Å². The molecule has 0 aliphatic heterocycles. The second-order valence-corrected chi connectivity index (χ2v) is 5.95. The SMILES string of the molecule is CC(C)NC(=O)NC(C)CS(C)(=O)=O. The molecule has 0 aromatic rings. The number of sulfone groups is 1. The molecule has 0 fully saturated rings. The lowest BCUT2D eigenvalue weighted by molar-refractivity contribution is 0.236. The topological polar surface area (TPSA) is 75.3 Å². The van der Waals surface area contributed by atoms with Crippen molar-refractivity contribution in [1.29, 1.82) is 0 Å². The Morgan fingerprint density at radius 3 is 2.07 bits per heavy atom. The maximum absolute atomic E-state index is 11.1. The molecule has 0 bridgehead atoms. The average Bonchev–Trinajstić information content (AvgIpc) is 1.77. The van der Waals surface area contributed by atoms with Gasteiger partial charge in [-0.15, -0.1) is 0 Å². The predicted octanol–water partition coefficient (Wildman–Crippen LogP) is 0.127. The van der Waals surface area contributed by atoms with Gasteiger partial charge >= 0.3 is 6.03 Å². The minimum absolute atomic E-state index is 0.0421. The van der Waals surface area contributed by atoms with Crippen molar-refractivity contribution in [1.82, 2.24) is 10.6 Å². The van der Waals surface area contributed by atoms with Gasteiger partial charge in [-0.1, -0.05) is 0 Å². The summed E-state index contributed by atoms with van der Waals surface area (Å²) in [6.07, 6.45) is 1.14. The third-order valence-electron chi connectivity index (χ3n) is 1.35. The molecule has 6 heteroatoms. The van der Waals surface area contributed by atoms with Gasteiger partial charge in [0.05, 0.1) is 5.75 Å². The predicted molar refractivity (Wildman–Crippen MR) is 56.0 cm³/mol. The molecule has 5 nitrogen and oxygen atoms in total. The highest BCUT2D eigenvalue weighted by molar-refractivity contribution is 7.90. The zero-order valence-electron chi connectivity index (χ0n) is 8.99. The molecular formula is C8H18N2O3S. The van der Waals surface area contributed by atoms with Crippen LogP contribution in [0.15, 0.2) is 0 Å². The third kappa shape index (κ3) is 7.85. The van der Waals surface area contributed by atoms with E-state index >= 15 is 0 Å². The second-order valence-electron chi connectivity index (χ2n) is 3.77. The summed E-state index contributed by atoms with van der Waals surface area (Å²) in [6.45, 7) is 5.32. The van der Waals surface area contributed by atoms with Crippen molar-refractivity contribution in [2.75, 3.05) is 12.0 Å². The highest BCUT2D eigenvalue weighted by atomic mass is 32.2. The summed E-state index contributed by atoms with van der Waals surface area (Å²) >= 11 is 0. The maximum atomic E-state index is 11.1. The van der Waals surface area contributed by atoms with Gasteiger partial charge in [0.1, 0.15) is 9.84 Å². The molecule has 2 N–H and O–H groups in total. The minimum Gasteiger partial charge on any atom is -0.336 e. The minimum atomic E-state index is -3.04. The highest BCUT2D eigenvalue weighted by Crippen LogP contribution is 1.90. The van der Waals surface area contributed by atoms with Crippen LogP contribution in [0.4, 0.5) is 4.79 Å². The fourth-order valence-corrected chi connectivity index (χ4v) is 2.02. The number of nitrogens with one attached hydrogen (secondary N) is 2. The van der Waals surface area contributed by atoms with Gasteiger partial charge in [0.15, 0.2) is 0 Å². The van der Waals surface area contributed by atoms with Crippen LogP contribution in [-0.2, 0) is 9.84 Å². The zero-order valence-corrected chi connectivity index (χ0v) is 9.81. The molecule has 0 aromatic heterocycles. The number of hydrogen-bond acceptors (Lipinski definition) is 3. The largest absolute Gasteiger partial charge is 0.336 e. The molecule has 14 heavy (non-hydrogen) atoms. The number of hydrogen-bond donors (Lipinski definition) is 2. The molecule has 0 aliphatic rings. The van der Waals surface area contributed by atoms with E-state index in [0.29, 0.717) is 0 Å². The van der Waals surface area contributed by atoms with E-state index < -0.39 is 9.84 Å². The lowest BCUT2D eigenvalue weighted by Crippen LogP contribution is -2.45. The second kappa shape index (κ2) is 5.19. The van der Waals surface area contributed by atoms with Gasteiger partial charge in [-0.3, -0.25) is 0 Å². The van der Waals surface area contributed by atoms with Gasteiger partial charge in [-0.05, 0) is 20.8 Å². The van der Waals surface area contributed by atoms with E-state index in [-0.39, 0.29) is 23.9 Å². The molecule has 0 radical (unpaired) electrons. The number of rotatable bonds is 4. The zero-order chi connectivity index (χ0) is 11.4. The molecular weight excluding hydrogens is 204 g/mol. The van der Waals surface area contributed by atoms with Gasteiger partial charge in [0.25, 0.3) is 0 Å². The first-order valence-corrected chi connectivity index (χ1v) is 6.51. The number of carbonyl (C=O) groups is 1. The Morgan fingerprint density at radius 1 is 1.21 bits per heavy atom. The fraction of sp³-hybridized carbons (Fsp3) is 0.875. The van der Waals surface area contributed by atoms with Crippen molar-refractivity contribution < 1.29 is 13.2 Å². The van der Waals surface area contributed by atoms with E-state index in [9.17, 15) is 13.2 Å². The van der Waals surface area contributed by atoms with Crippen molar-refractivity contribution in [3.63, 3.8) is 0 Å². The Labute approximate surface area is 85.2 Å². The average molecular weight is 222 g/mol. The van der Waals surface area contributed by atoms with Gasteiger partial charge in [-0.25, -0.2) is 13.2 Å². The van der Waals surface area contributed by atoms with E-state index in [1.807, 2.05) is 13.8 Å². The molecule has 2 amide bonds. The molecule has 0 spiro atoms. The lowest BCUT2D eigenvalue weighted by Gasteiger charge is -2.15. The summed E-state index contributed by atoms with van der Waals surface area (Å²) < 4.78 is 21.7. The molecule has 0 aliphatic carbocycles. The van der Waals surface area contributed by atoms with Crippen molar-refractivity contribution in [3.05, 3.63) is 0 Å². The molecule has 84 valence electrons. The summed E-state index contributed by atoms with van der Waals surface area (Å²) in [7, 11) is -3.04. The van der Waals surface area contributed by atoms with Crippen LogP contribution in [-0.4, -0.2) is 38.5 Å². The Kier molecular flexibility index (Phi) is 4.90. The normalized spacial score (nSPS) is 13.8. The fourth-order valence-electron chi connectivity index (χ4n) is 1.02. The van der Waals surface area contributed by atoms with Crippen LogP contribution >= 0.6 is 0 Å². The Bertz CT molecular complexity index is 285. The summed E-state index contributed by atoms with van der Waals surface area (Å²) in [6, 6.07) is -0.666. The molecule has 0 saturated carbocycles. The molecule has 0 saturated heterocycles. The third-order valence-corrected chi connectivity index (χ3v) is 2.46. The van der Waals surface area contributed by atoms with E-state index in [0.717, 1.165) is 6.26 Å². The van der Waals surface area contributed by atoms with Crippen LogP contribution in [0.25, 0.3) is 0 Å². The number of carbonyl (C=O) groups excluding carboxylic acids is 1. The first kappa shape index (κ1) is 13.2.